The molecule has 2 aromatic carbocycles. The second-order valence-electron chi connectivity index (χ2n) is 4.81. The molecule has 0 atom stereocenters. The summed E-state index contributed by atoms with van der Waals surface area (Å²) in [4.78, 5) is 16.6. The van der Waals surface area contributed by atoms with Crippen LogP contribution in [0.15, 0.2) is 46.5 Å². The second-order valence-corrected chi connectivity index (χ2v) is 6.31. The maximum Gasteiger partial charge on any atom is 0.171 e. The minimum atomic E-state index is 0.706. The summed E-state index contributed by atoms with van der Waals surface area (Å²) in [6.07, 6.45) is 0. The molecule has 0 spiro atoms. The maximum absolute atomic E-state index is 5.99. The van der Waals surface area contributed by atoms with Crippen molar-refractivity contribution in [2.24, 2.45) is 0 Å². The van der Waals surface area contributed by atoms with E-state index in [-0.39, 0.29) is 0 Å². The van der Waals surface area contributed by atoms with Crippen LogP contribution in [0.1, 0.15) is 5.82 Å². The summed E-state index contributed by atoms with van der Waals surface area (Å²) in [5.74, 6) is 0.922. The summed E-state index contributed by atoms with van der Waals surface area (Å²) < 4.78 is 0. The van der Waals surface area contributed by atoms with E-state index in [1.54, 1.807) is 11.8 Å². The molecule has 2 aromatic heterocycles. The zero-order valence-corrected chi connectivity index (χ0v) is 12.7. The van der Waals surface area contributed by atoms with Gasteiger partial charge in [-0.2, -0.15) is 0 Å². The number of rotatable bonds is 2. The van der Waals surface area contributed by atoms with E-state index in [4.69, 9.17) is 11.6 Å². The van der Waals surface area contributed by atoms with Crippen molar-refractivity contribution in [2.45, 2.75) is 17.0 Å². The number of fused-ring (bicyclic) bond motifs is 2. The molecular formula is C15H11ClN4S. The second kappa shape index (κ2) is 4.79. The van der Waals surface area contributed by atoms with Gasteiger partial charge in [0.15, 0.2) is 5.16 Å². The Balaban J connectivity index is 1.71. The number of benzene rings is 2. The molecule has 4 nitrogen and oxygen atoms in total. The van der Waals surface area contributed by atoms with Gasteiger partial charge in [0.25, 0.3) is 0 Å². The van der Waals surface area contributed by atoms with Crippen LogP contribution < -0.4 is 0 Å². The fourth-order valence-electron chi connectivity index (χ4n) is 2.30. The molecule has 0 aliphatic carbocycles. The van der Waals surface area contributed by atoms with Crippen LogP contribution in [-0.2, 0) is 0 Å². The molecule has 0 aliphatic rings. The Bertz CT molecular complexity index is 957. The van der Waals surface area contributed by atoms with Gasteiger partial charge in [0.05, 0.1) is 22.1 Å². The molecule has 0 saturated carbocycles. The number of hydrogen-bond acceptors (Lipinski definition) is 3. The summed E-state index contributed by atoms with van der Waals surface area (Å²) in [5, 5.41) is 1.56. The standard InChI is InChI=1S/C15H11ClN4S/c1-8-17-11-5-3-10(7-14(11)18-8)21-15-19-12-4-2-9(16)6-13(12)20-15/h2-7H,1H3,(H,17,18)(H,19,20). The van der Waals surface area contributed by atoms with Crippen LogP contribution in [0.25, 0.3) is 22.1 Å². The summed E-state index contributed by atoms with van der Waals surface area (Å²) in [6.45, 7) is 1.95. The zero-order valence-electron chi connectivity index (χ0n) is 11.1. The first kappa shape index (κ1) is 12.7. The van der Waals surface area contributed by atoms with Gasteiger partial charge in [0.1, 0.15) is 5.82 Å². The van der Waals surface area contributed by atoms with Crippen LogP contribution in [0.4, 0.5) is 0 Å². The van der Waals surface area contributed by atoms with Gasteiger partial charge < -0.3 is 9.97 Å². The summed E-state index contributed by atoms with van der Waals surface area (Å²) in [6, 6.07) is 11.8. The van der Waals surface area contributed by atoms with Crippen LogP contribution in [0.5, 0.6) is 0 Å². The van der Waals surface area contributed by atoms with E-state index in [0.717, 1.165) is 37.9 Å². The molecule has 0 aliphatic heterocycles. The number of aromatic amines is 2. The first-order chi connectivity index (χ1) is 10.2. The third-order valence-corrected chi connectivity index (χ3v) is 4.32. The lowest BCUT2D eigenvalue weighted by molar-refractivity contribution is 1.08. The van der Waals surface area contributed by atoms with Crippen LogP contribution in [0, 0.1) is 6.92 Å². The first-order valence-electron chi connectivity index (χ1n) is 6.47. The van der Waals surface area contributed by atoms with Gasteiger partial charge >= 0.3 is 0 Å². The average molecular weight is 315 g/mol. The van der Waals surface area contributed by atoms with Crippen molar-refractivity contribution in [3.05, 3.63) is 47.2 Å². The van der Waals surface area contributed by atoms with Gasteiger partial charge in [0.2, 0.25) is 0 Å². The molecule has 0 saturated heterocycles. The Morgan fingerprint density at radius 2 is 1.71 bits per heavy atom. The minimum absolute atomic E-state index is 0.706. The topological polar surface area (TPSA) is 57.4 Å². The fourth-order valence-corrected chi connectivity index (χ4v) is 3.31. The number of nitrogens with zero attached hydrogens (tertiary/aromatic N) is 2. The van der Waals surface area contributed by atoms with Gasteiger partial charge in [0, 0.05) is 9.92 Å². The highest BCUT2D eigenvalue weighted by atomic mass is 35.5. The Kier molecular flexibility index (Phi) is 2.90. The van der Waals surface area contributed by atoms with Crippen molar-refractivity contribution in [2.75, 3.05) is 0 Å². The van der Waals surface area contributed by atoms with Crippen molar-refractivity contribution in [3.8, 4) is 0 Å². The molecule has 21 heavy (non-hydrogen) atoms. The number of hydrogen-bond donors (Lipinski definition) is 2. The molecule has 6 heteroatoms. The Hall–Kier alpha value is -1.98. The van der Waals surface area contributed by atoms with E-state index in [9.17, 15) is 0 Å². The average Bonchev–Trinajstić information content (AvgIpc) is 2.99. The van der Waals surface area contributed by atoms with Gasteiger partial charge in [-0.3, -0.25) is 0 Å². The summed E-state index contributed by atoms with van der Waals surface area (Å²) in [5.41, 5.74) is 3.88. The fraction of sp³-hybridized carbons (Fsp3) is 0.0667. The predicted molar refractivity (Wildman–Crippen MR) is 86.1 cm³/mol. The molecule has 0 radical (unpaired) electrons. The predicted octanol–water partition coefficient (Wildman–Crippen LogP) is 4.55. The summed E-state index contributed by atoms with van der Waals surface area (Å²) >= 11 is 7.58. The van der Waals surface area contributed by atoms with E-state index in [0.29, 0.717) is 5.02 Å². The molecular weight excluding hydrogens is 304 g/mol. The van der Waals surface area contributed by atoms with Crippen LogP contribution in [-0.4, -0.2) is 19.9 Å². The van der Waals surface area contributed by atoms with E-state index in [1.165, 1.54) is 0 Å². The molecule has 0 amide bonds. The quantitative estimate of drug-likeness (QED) is 0.570. The first-order valence-corrected chi connectivity index (χ1v) is 7.66. The van der Waals surface area contributed by atoms with Crippen LogP contribution >= 0.6 is 23.4 Å². The summed E-state index contributed by atoms with van der Waals surface area (Å²) in [7, 11) is 0. The molecule has 104 valence electrons. The van der Waals surface area contributed by atoms with Crippen LogP contribution in [0.3, 0.4) is 0 Å². The van der Waals surface area contributed by atoms with E-state index in [2.05, 4.69) is 26.0 Å². The van der Waals surface area contributed by atoms with Gasteiger partial charge in [-0.25, -0.2) is 9.97 Å². The Morgan fingerprint density at radius 3 is 2.62 bits per heavy atom. The SMILES string of the molecule is Cc1nc2ccc(Sc3nc4ccc(Cl)cc4[nH]3)cc2[nH]1. The number of H-pyrrole nitrogens is 2. The van der Waals surface area contributed by atoms with E-state index >= 15 is 0 Å². The van der Waals surface area contributed by atoms with Crippen LogP contribution in [0.2, 0.25) is 5.02 Å². The number of aryl methyl sites for hydroxylation is 1. The van der Waals surface area contributed by atoms with E-state index in [1.807, 2.05) is 37.3 Å². The molecule has 0 bridgehead atoms. The highest BCUT2D eigenvalue weighted by molar-refractivity contribution is 7.99. The smallest absolute Gasteiger partial charge is 0.171 e. The highest BCUT2D eigenvalue weighted by Gasteiger charge is 2.07. The lowest BCUT2D eigenvalue weighted by Crippen LogP contribution is -1.77. The highest BCUT2D eigenvalue weighted by Crippen LogP contribution is 2.29. The third kappa shape index (κ3) is 2.39. The molecule has 0 fully saturated rings. The Labute approximate surface area is 130 Å². The molecule has 2 N–H and O–H groups in total. The largest absolute Gasteiger partial charge is 0.342 e. The molecule has 2 heterocycles. The normalized spacial score (nSPS) is 11.5. The Morgan fingerprint density at radius 1 is 0.952 bits per heavy atom. The number of halogens is 1. The van der Waals surface area contributed by atoms with Gasteiger partial charge in [-0.05, 0) is 43.3 Å². The van der Waals surface area contributed by atoms with E-state index < -0.39 is 0 Å². The van der Waals surface area contributed by atoms with Gasteiger partial charge in [-0.15, -0.1) is 0 Å². The minimum Gasteiger partial charge on any atom is -0.342 e. The lowest BCUT2D eigenvalue weighted by atomic mass is 10.3. The molecule has 0 unspecified atom stereocenters. The monoisotopic (exact) mass is 314 g/mol. The number of imidazole rings is 2. The molecule has 4 rings (SSSR count). The molecule has 4 aromatic rings. The van der Waals surface area contributed by atoms with Crippen molar-refractivity contribution in [3.63, 3.8) is 0 Å². The number of aromatic nitrogens is 4. The zero-order chi connectivity index (χ0) is 14.4. The van der Waals surface area contributed by atoms with Gasteiger partial charge in [-0.1, -0.05) is 23.4 Å². The van der Waals surface area contributed by atoms with Crippen molar-refractivity contribution >= 4 is 45.4 Å². The van der Waals surface area contributed by atoms with Crippen molar-refractivity contribution in [1.82, 2.24) is 19.9 Å². The third-order valence-electron chi connectivity index (χ3n) is 3.21. The lowest BCUT2D eigenvalue weighted by Gasteiger charge is -1.97. The number of nitrogens with one attached hydrogen (secondary N) is 2. The maximum atomic E-state index is 5.99. The van der Waals surface area contributed by atoms with Crippen molar-refractivity contribution < 1.29 is 0 Å². The van der Waals surface area contributed by atoms with Crippen molar-refractivity contribution in [1.29, 1.82) is 0 Å².